The molecule has 0 saturated carbocycles. The Morgan fingerprint density at radius 2 is 1.69 bits per heavy atom. The molecule has 1 N–H and O–H groups in total. The SMILES string of the molecule is S=C(Nc1ccc(Br)cc1Cl)N1CCN(Cc2ccc(Cl)c(Cl)c2)CC1. The average Bonchev–Trinajstić information content (AvgIpc) is 2.61. The molecule has 2 aromatic rings. The van der Waals surface area contributed by atoms with Gasteiger partial charge in [0.2, 0.25) is 0 Å². The molecule has 0 unspecified atom stereocenters. The van der Waals surface area contributed by atoms with Crippen molar-refractivity contribution >= 4 is 73.8 Å². The molecule has 0 bridgehead atoms. The number of piperazine rings is 1. The van der Waals surface area contributed by atoms with Crippen LogP contribution in [0.15, 0.2) is 40.9 Å². The van der Waals surface area contributed by atoms with Gasteiger partial charge < -0.3 is 10.2 Å². The van der Waals surface area contributed by atoms with E-state index in [-0.39, 0.29) is 0 Å². The molecule has 0 aliphatic carbocycles. The summed E-state index contributed by atoms with van der Waals surface area (Å²) in [5.74, 6) is 0. The van der Waals surface area contributed by atoms with Gasteiger partial charge in [-0.3, -0.25) is 4.90 Å². The molecule has 0 spiro atoms. The summed E-state index contributed by atoms with van der Waals surface area (Å²) < 4.78 is 0.940. The zero-order valence-electron chi connectivity index (χ0n) is 13.8. The fourth-order valence-corrected chi connectivity index (χ4v) is 4.12. The van der Waals surface area contributed by atoms with Crippen molar-refractivity contribution in [2.24, 2.45) is 0 Å². The maximum Gasteiger partial charge on any atom is 0.173 e. The highest BCUT2D eigenvalue weighted by Crippen LogP contribution is 2.26. The number of hydrogen-bond acceptors (Lipinski definition) is 2. The minimum absolute atomic E-state index is 0.586. The van der Waals surface area contributed by atoms with Gasteiger partial charge in [0.1, 0.15) is 0 Å². The van der Waals surface area contributed by atoms with Crippen molar-refractivity contribution < 1.29 is 0 Å². The van der Waals surface area contributed by atoms with E-state index in [2.05, 4.69) is 31.0 Å². The van der Waals surface area contributed by atoms with Crippen LogP contribution < -0.4 is 5.32 Å². The van der Waals surface area contributed by atoms with Crippen LogP contribution in [-0.4, -0.2) is 41.1 Å². The van der Waals surface area contributed by atoms with Crippen molar-refractivity contribution in [1.29, 1.82) is 0 Å². The summed E-state index contributed by atoms with van der Waals surface area (Å²) in [6.07, 6.45) is 0. The third kappa shape index (κ3) is 5.24. The van der Waals surface area contributed by atoms with Crippen LogP contribution in [0.2, 0.25) is 15.1 Å². The highest BCUT2D eigenvalue weighted by atomic mass is 79.9. The van der Waals surface area contributed by atoms with Gasteiger partial charge in [0, 0.05) is 37.2 Å². The summed E-state index contributed by atoms with van der Waals surface area (Å²) in [6, 6.07) is 11.5. The van der Waals surface area contributed by atoms with E-state index in [1.165, 1.54) is 0 Å². The summed E-state index contributed by atoms with van der Waals surface area (Å²) >= 11 is 27.3. The second kappa shape index (κ2) is 9.09. The molecule has 1 aliphatic rings. The Morgan fingerprint density at radius 3 is 2.35 bits per heavy atom. The minimum atomic E-state index is 0.586. The van der Waals surface area contributed by atoms with E-state index in [0.717, 1.165) is 48.4 Å². The number of anilines is 1. The number of hydrogen-bond donors (Lipinski definition) is 1. The topological polar surface area (TPSA) is 18.5 Å². The van der Waals surface area contributed by atoms with Gasteiger partial charge in [-0.2, -0.15) is 0 Å². The quantitative estimate of drug-likeness (QED) is 0.535. The Kier molecular flexibility index (Phi) is 7.05. The molecule has 0 amide bonds. The fraction of sp³-hybridized carbons (Fsp3) is 0.278. The van der Waals surface area contributed by atoms with E-state index < -0.39 is 0 Å². The van der Waals surface area contributed by atoms with E-state index in [0.29, 0.717) is 20.2 Å². The normalized spacial score (nSPS) is 15.2. The van der Waals surface area contributed by atoms with Crippen LogP contribution in [0.4, 0.5) is 5.69 Å². The molecule has 3 nitrogen and oxygen atoms in total. The van der Waals surface area contributed by atoms with E-state index in [4.69, 9.17) is 47.0 Å². The Hall–Kier alpha value is -0.560. The third-order valence-corrected chi connectivity index (χ3v) is 6.13. The van der Waals surface area contributed by atoms with Gasteiger partial charge in [0.15, 0.2) is 5.11 Å². The molecule has 0 aromatic heterocycles. The molecule has 0 radical (unpaired) electrons. The molecule has 0 atom stereocenters. The van der Waals surface area contributed by atoms with Gasteiger partial charge in [-0.25, -0.2) is 0 Å². The Bertz CT molecular complexity index is 810. The molecule has 138 valence electrons. The van der Waals surface area contributed by atoms with Gasteiger partial charge in [0.05, 0.1) is 20.8 Å². The summed E-state index contributed by atoms with van der Waals surface area (Å²) in [5, 5.41) is 5.76. The molecular formula is C18H17BrCl3N3S. The van der Waals surface area contributed by atoms with Crippen LogP contribution in [0.3, 0.4) is 0 Å². The second-order valence-corrected chi connectivity index (χ2v) is 8.59. The fourth-order valence-electron chi connectivity index (χ4n) is 2.79. The van der Waals surface area contributed by atoms with Gasteiger partial charge in [-0.15, -0.1) is 0 Å². The average molecular weight is 494 g/mol. The first-order valence-corrected chi connectivity index (χ1v) is 10.4. The molecule has 1 saturated heterocycles. The third-order valence-electron chi connectivity index (χ3n) is 4.22. The molecule has 8 heteroatoms. The van der Waals surface area contributed by atoms with E-state index >= 15 is 0 Å². The van der Waals surface area contributed by atoms with Gasteiger partial charge >= 0.3 is 0 Å². The Balaban J connectivity index is 1.52. The van der Waals surface area contributed by atoms with E-state index in [9.17, 15) is 0 Å². The van der Waals surface area contributed by atoms with E-state index in [1.807, 2.05) is 36.4 Å². The van der Waals surface area contributed by atoms with Crippen molar-refractivity contribution in [1.82, 2.24) is 9.80 Å². The first-order valence-electron chi connectivity index (χ1n) is 8.09. The lowest BCUT2D eigenvalue weighted by molar-refractivity contribution is 0.177. The van der Waals surface area contributed by atoms with Crippen molar-refractivity contribution in [3.05, 3.63) is 61.5 Å². The number of nitrogens with one attached hydrogen (secondary N) is 1. The predicted molar refractivity (Wildman–Crippen MR) is 119 cm³/mol. The zero-order chi connectivity index (χ0) is 18.7. The number of thiocarbonyl (C=S) groups is 1. The highest BCUT2D eigenvalue weighted by molar-refractivity contribution is 9.10. The lowest BCUT2D eigenvalue weighted by Crippen LogP contribution is -2.49. The van der Waals surface area contributed by atoms with Crippen LogP contribution in [0.1, 0.15) is 5.56 Å². The van der Waals surface area contributed by atoms with Crippen LogP contribution in [0, 0.1) is 0 Å². The monoisotopic (exact) mass is 491 g/mol. The maximum absolute atomic E-state index is 6.25. The van der Waals surface area contributed by atoms with Crippen LogP contribution in [0.5, 0.6) is 0 Å². The number of nitrogens with zero attached hydrogens (tertiary/aromatic N) is 2. The van der Waals surface area contributed by atoms with Crippen LogP contribution in [0.25, 0.3) is 0 Å². The molecule has 2 aromatic carbocycles. The maximum atomic E-state index is 6.25. The molecule has 3 rings (SSSR count). The summed E-state index contributed by atoms with van der Waals surface area (Å²) in [7, 11) is 0. The van der Waals surface area contributed by atoms with Crippen LogP contribution in [-0.2, 0) is 6.54 Å². The Morgan fingerprint density at radius 1 is 0.962 bits per heavy atom. The Labute approximate surface area is 182 Å². The number of rotatable bonds is 3. The highest BCUT2D eigenvalue weighted by Gasteiger charge is 2.19. The van der Waals surface area contributed by atoms with Crippen molar-refractivity contribution in [2.45, 2.75) is 6.54 Å². The summed E-state index contributed by atoms with van der Waals surface area (Å²) in [5.41, 5.74) is 1.98. The second-order valence-electron chi connectivity index (χ2n) is 6.07. The molecular weight excluding hydrogens is 477 g/mol. The first-order chi connectivity index (χ1) is 12.4. The predicted octanol–water partition coefficient (Wildman–Crippen LogP) is 5.92. The standard InChI is InChI=1S/C18H17BrCl3N3S/c19-13-2-4-17(16(22)10-13)23-18(26)25-7-5-24(6-8-25)11-12-1-3-14(20)15(21)9-12/h1-4,9-10H,5-8,11H2,(H,23,26). The van der Waals surface area contributed by atoms with E-state index in [1.54, 1.807) is 0 Å². The van der Waals surface area contributed by atoms with Gasteiger partial charge in [-0.05, 0) is 48.1 Å². The lowest BCUT2D eigenvalue weighted by atomic mass is 10.2. The van der Waals surface area contributed by atoms with Crippen molar-refractivity contribution in [2.75, 3.05) is 31.5 Å². The molecule has 1 aliphatic heterocycles. The lowest BCUT2D eigenvalue weighted by Gasteiger charge is -2.36. The summed E-state index contributed by atoms with van der Waals surface area (Å²) in [6.45, 7) is 4.43. The van der Waals surface area contributed by atoms with Crippen molar-refractivity contribution in [3.63, 3.8) is 0 Å². The first kappa shape index (κ1) is 20.2. The smallest absolute Gasteiger partial charge is 0.173 e. The largest absolute Gasteiger partial charge is 0.346 e. The number of halogens is 4. The number of benzene rings is 2. The van der Waals surface area contributed by atoms with Gasteiger partial charge in [-0.1, -0.05) is 56.8 Å². The molecule has 1 fully saturated rings. The molecule has 26 heavy (non-hydrogen) atoms. The van der Waals surface area contributed by atoms with Crippen molar-refractivity contribution in [3.8, 4) is 0 Å². The molecule has 1 heterocycles. The van der Waals surface area contributed by atoms with Crippen LogP contribution >= 0.6 is 63.0 Å². The summed E-state index contributed by atoms with van der Waals surface area (Å²) in [4.78, 5) is 4.55. The van der Waals surface area contributed by atoms with Gasteiger partial charge in [0.25, 0.3) is 0 Å². The zero-order valence-corrected chi connectivity index (χ0v) is 18.5. The minimum Gasteiger partial charge on any atom is -0.346 e.